The van der Waals surface area contributed by atoms with Gasteiger partial charge in [0.25, 0.3) is 0 Å². The highest BCUT2D eigenvalue weighted by Crippen LogP contribution is 2.48. The second-order valence-electron chi connectivity index (χ2n) is 6.76. The van der Waals surface area contributed by atoms with Gasteiger partial charge in [0, 0.05) is 32.7 Å². The highest BCUT2D eigenvalue weighted by Gasteiger charge is 2.41. The SMILES string of the molecule is Cc1ccsc1[C@@H]1C(C#N)=C(N)N(c2ccc(Br)cc2)C2=C1C(=O)CCC2. The Kier molecular flexibility index (Phi) is 4.67. The third kappa shape index (κ3) is 2.91. The van der Waals surface area contributed by atoms with Crippen molar-refractivity contribution in [1.29, 1.82) is 5.26 Å². The molecule has 1 aliphatic carbocycles. The third-order valence-electron chi connectivity index (χ3n) is 5.16. The van der Waals surface area contributed by atoms with Crippen LogP contribution in [0.15, 0.2) is 62.8 Å². The molecule has 4 nitrogen and oxygen atoms in total. The van der Waals surface area contributed by atoms with Crippen molar-refractivity contribution in [2.24, 2.45) is 5.73 Å². The monoisotopic (exact) mass is 439 g/mol. The number of nitrogens with two attached hydrogens (primary N) is 1. The number of Topliss-reactive ketones (excluding diaryl/α,β-unsaturated/α-hetero) is 1. The molecule has 0 unspecified atom stereocenters. The van der Waals surface area contributed by atoms with Gasteiger partial charge in [-0.1, -0.05) is 15.9 Å². The number of nitrogens with zero attached hydrogens (tertiary/aromatic N) is 2. The summed E-state index contributed by atoms with van der Waals surface area (Å²) in [6.45, 7) is 2.02. The van der Waals surface area contributed by atoms with Crippen LogP contribution >= 0.6 is 27.3 Å². The second-order valence-corrected chi connectivity index (χ2v) is 8.62. The fraction of sp³-hybridized carbons (Fsp3) is 0.238. The third-order valence-corrected chi connectivity index (χ3v) is 6.77. The average molecular weight is 440 g/mol. The highest BCUT2D eigenvalue weighted by molar-refractivity contribution is 9.10. The van der Waals surface area contributed by atoms with E-state index in [9.17, 15) is 10.1 Å². The minimum atomic E-state index is -0.357. The number of nitriles is 1. The van der Waals surface area contributed by atoms with Crippen LogP contribution in [0.4, 0.5) is 5.69 Å². The molecular weight excluding hydrogens is 422 g/mol. The number of thiophene rings is 1. The first kappa shape index (κ1) is 18.0. The van der Waals surface area contributed by atoms with Crippen molar-refractivity contribution in [2.75, 3.05) is 4.90 Å². The van der Waals surface area contributed by atoms with Crippen LogP contribution in [-0.4, -0.2) is 5.78 Å². The van der Waals surface area contributed by atoms with Gasteiger partial charge in [0.1, 0.15) is 5.82 Å². The van der Waals surface area contributed by atoms with Crippen LogP contribution in [0.25, 0.3) is 0 Å². The van der Waals surface area contributed by atoms with E-state index in [2.05, 4.69) is 22.0 Å². The second kappa shape index (κ2) is 6.99. The Balaban J connectivity index is 1.97. The molecule has 1 atom stereocenters. The normalized spacial score (nSPS) is 20.0. The van der Waals surface area contributed by atoms with E-state index in [1.165, 1.54) is 0 Å². The maximum atomic E-state index is 13.0. The number of hydrogen-bond acceptors (Lipinski definition) is 5. The highest BCUT2D eigenvalue weighted by atomic mass is 79.9. The molecule has 1 aromatic heterocycles. The van der Waals surface area contributed by atoms with Gasteiger partial charge >= 0.3 is 0 Å². The molecule has 2 aliphatic rings. The van der Waals surface area contributed by atoms with E-state index >= 15 is 0 Å². The largest absolute Gasteiger partial charge is 0.384 e. The Morgan fingerprint density at radius 3 is 2.63 bits per heavy atom. The average Bonchev–Trinajstić information content (AvgIpc) is 3.08. The Morgan fingerprint density at radius 2 is 2.00 bits per heavy atom. The molecule has 0 saturated heterocycles. The summed E-state index contributed by atoms with van der Waals surface area (Å²) < 4.78 is 0.965. The van der Waals surface area contributed by atoms with Crippen molar-refractivity contribution in [3.63, 3.8) is 0 Å². The van der Waals surface area contributed by atoms with Crippen LogP contribution < -0.4 is 10.6 Å². The number of hydrogen-bond donors (Lipinski definition) is 1. The Labute approximate surface area is 170 Å². The predicted molar refractivity (Wildman–Crippen MR) is 111 cm³/mol. The van der Waals surface area contributed by atoms with Crippen LogP contribution in [0.1, 0.15) is 35.6 Å². The molecule has 0 fully saturated rings. The molecule has 27 heavy (non-hydrogen) atoms. The van der Waals surface area contributed by atoms with Crippen LogP contribution in [0.3, 0.4) is 0 Å². The summed E-state index contributed by atoms with van der Waals surface area (Å²) >= 11 is 5.04. The first-order valence-electron chi connectivity index (χ1n) is 8.78. The van der Waals surface area contributed by atoms with E-state index in [0.717, 1.165) is 44.7 Å². The van der Waals surface area contributed by atoms with E-state index in [-0.39, 0.29) is 11.7 Å². The Morgan fingerprint density at radius 1 is 1.26 bits per heavy atom. The number of allylic oxidation sites excluding steroid dienone is 3. The molecule has 1 aromatic carbocycles. The lowest BCUT2D eigenvalue weighted by molar-refractivity contribution is -0.116. The summed E-state index contributed by atoms with van der Waals surface area (Å²) in [4.78, 5) is 15.9. The maximum Gasteiger partial charge on any atom is 0.161 e. The summed E-state index contributed by atoms with van der Waals surface area (Å²) in [7, 11) is 0. The number of rotatable bonds is 2. The topological polar surface area (TPSA) is 70.1 Å². The number of aryl methyl sites for hydroxylation is 1. The van der Waals surface area contributed by atoms with Gasteiger partial charge in [-0.3, -0.25) is 9.69 Å². The number of ketones is 1. The van der Waals surface area contributed by atoms with Gasteiger partial charge in [0.2, 0.25) is 0 Å². The summed E-state index contributed by atoms with van der Waals surface area (Å²) in [5.74, 6) is 0.187. The summed E-state index contributed by atoms with van der Waals surface area (Å²) in [5, 5.41) is 12.0. The molecule has 6 heteroatoms. The zero-order valence-electron chi connectivity index (χ0n) is 14.8. The standard InChI is InChI=1S/C21H18BrN3OS/c1-12-9-10-27-20(12)18-15(11-23)21(24)25(14-7-5-13(22)6-8-14)16-3-2-4-17(26)19(16)18/h5-10,18H,2-4,24H2,1H3/t18-/m1/s1. The van der Waals surface area contributed by atoms with Crippen molar-refractivity contribution < 1.29 is 4.79 Å². The maximum absolute atomic E-state index is 13.0. The number of halogens is 1. The molecule has 2 N–H and O–H groups in total. The molecule has 2 aromatic rings. The van der Waals surface area contributed by atoms with Crippen molar-refractivity contribution >= 4 is 38.7 Å². The minimum absolute atomic E-state index is 0.122. The summed E-state index contributed by atoms with van der Waals surface area (Å²) in [6.07, 6.45) is 2.10. The van der Waals surface area contributed by atoms with Crippen LogP contribution in [0.5, 0.6) is 0 Å². The zero-order valence-corrected chi connectivity index (χ0v) is 17.2. The molecule has 136 valence electrons. The molecule has 2 heterocycles. The molecule has 0 bridgehead atoms. The fourth-order valence-electron chi connectivity index (χ4n) is 3.91. The zero-order chi connectivity index (χ0) is 19.1. The summed E-state index contributed by atoms with van der Waals surface area (Å²) in [5.41, 5.74) is 10.6. The number of carbonyl (C=O) groups is 1. The predicted octanol–water partition coefficient (Wildman–Crippen LogP) is 5.12. The van der Waals surface area contributed by atoms with Gasteiger partial charge in [0.15, 0.2) is 5.78 Å². The van der Waals surface area contributed by atoms with Gasteiger partial charge in [-0.15, -0.1) is 11.3 Å². The number of carbonyl (C=O) groups excluding carboxylic acids is 1. The van der Waals surface area contributed by atoms with Crippen molar-refractivity contribution in [1.82, 2.24) is 0 Å². The van der Waals surface area contributed by atoms with E-state index in [0.29, 0.717) is 17.8 Å². The first-order valence-corrected chi connectivity index (χ1v) is 10.5. The van der Waals surface area contributed by atoms with Gasteiger partial charge < -0.3 is 5.73 Å². The lowest BCUT2D eigenvalue weighted by atomic mass is 9.77. The van der Waals surface area contributed by atoms with E-state index in [1.54, 1.807) is 11.3 Å². The number of anilines is 1. The quantitative estimate of drug-likeness (QED) is 0.704. The molecule has 0 amide bonds. The van der Waals surface area contributed by atoms with Crippen molar-refractivity contribution in [3.05, 3.63) is 73.3 Å². The molecule has 0 saturated carbocycles. The number of benzene rings is 1. The van der Waals surface area contributed by atoms with Gasteiger partial charge in [-0.05, 0) is 61.0 Å². The van der Waals surface area contributed by atoms with Gasteiger partial charge in [-0.25, -0.2) is 0 Å². The van der Waals surface area contributed by atoms with Gasteiger partial charge in [-0.2, -0.15) is 5.26 Å². The molecule has 0 spiro atoms. The van der Waals surface area contributed by atoms with Crippen LogP contribution in [0, 0.1) is 18.3 Å². The lowest BCUT2D eigenvalue weighted by Gasteiger charge is -2.39. The molecule has 1 aliphatic heterocycles. The van der Waals surface area contributed by atoms with E-state index < -0.39 is 0 Å². The Hall–Kier alpha value is -2.36. The molecule has 0 radical (unpaired) electrons. The van der Waals surface area contributed by atoms with Crippen LogP contribution in [-0.2, 0) is 4.79 Å². The van der Waals surface area contributed by atoms with Gasteiger partial charge in [0.05, 0.1) is 17.6 Å². The van der Waals surface area contributed by atoms with Crippen LogP contribution in [0.2, 0.25) is 0 Å². The molecule has 4 rings (SSSR count). The lowest BCUT2D eigenvalue weighted by Crippen LogP contribution is -2.38. The van der Waals surface area contributed by atoms with Crippen molar-refractivity contribution in [2.45, 2.75) is 32.1 Å². The first-order chi connectivity index (χ1) is 13.0. The van der Waals surface area contributed by atoms with E-state index in [1.807, 2.05) is 47.5 Å². The Bertz CT molecular complexity index is 1030. The minimum Gasteiger partial charge on any atom is -0.384 e. The molecular formula is C21H18BrN3OS. The van der Waals surface area contributed by atoms with Crippen molar-refractivity contribution in [3.8, 4) is 6.07 Å². The smallest absolute Gasteiger partial charge is 0.161 e. The fourth-order valence-corrected chi connectivity index (χ4v) is 5.22. The van der Waals surface area contributed by atoms with E-state index in [4.69, 9.17) is 5.73 Å². The summed E-state index contributed by atoms with van der Waals surface area (Å²) in [6, 6.07) is 12.1.